The van der Waals surface area contributed by atoms with Gasteiger partial charge in [0.15, 0.2) is 0 Å². The van der Waals surface area contributed by atoms with Gasteiger partial charge >= 0.3 is 5.97 Å². The first-order valence-corrected chi connectivity index (χ1v) is 6.73. The van der Waals surface area contributed by atoms with E-state index in [4.69, 9.17) is 5.73 Å². The Morgan fingerprint density at radius 2 is 2.17 bits per heavy atom. The largest absolute Gasteiger partial charge is 0.469 e. The summed E-state index contributed by atoms with van der Waals surface area (Å²) < 4.78 is 6.17. The van der Waals surface area contributed by atoms with Gasteiger partial charge in [-0.3, -0.25) is 14.3 Å². The van der Waals surface area contributed by atoms with Crippen molar-refractivity contribution in [3.63, 3.8) is 0 Å². The Kier molecular flexibility index (Phi) is 5.07. The maximum absolute atomic E-state index is 11.4. The molecule has 0 fully saturated rings. The monoisotopic (exact) mass is 319 g/mol. The molecule has 0 atom stereocenters. The Hall–Kier alpha value is -3.17. The van der Waals surface area contributed by atoms with Gasteiger partial charge in [0.2, 0.25) is 5.95 Å². The number of methoxy groups -OCH3 is 1. The average molecular weight is 319 g/mol. The summed E-state index contributed by atoms with van der Waals surface area (Å²) in [6.45, 7) is 0.246. The summed E-state index contributed by atoms with van der Waals surface area (Å²) in [6.07, 6.45) is 4.80. The fraction of sp³-hybridized carbons (Fsp3) is 0.308. The van der Waals surface area contributed by atoms with Crippen LogP contribution in [0.25, 0.3) is 0 Å². The van der Waals surface area contributed by atoms with E-state index < -0.39 is 5.91 Å². The van der Waals surface area contributed by atoms with Gasteiger partial charge in [0.05, 0.1) is 31.0 Å². The van der Waals surface area contributed by atoms with E-state index in [1.54, 1.807) is 24.1 Å². The molecule has 4 N–H and O–H groups in total. The molecular formula is C13H17N7O3. The maximum Gasteiger partial charge on any atom is 0.307 e. The number of nitrogens with two attached hydrogens (primary N) is 1. The minimum Gasteiger partial charge on any atom is -0.469 e. The van der Waals surface area contributed by atoms with Crippen molar-refractivity contribution in [2.45, 2.75) is 6.42 Å². The Morgan fingerprint density at radius 3 is 2.78 bits per heavy atom. The lowest BCUT2D eigenvalue weighted by Gasteiger charge is -2.10. The van der Waals surface area contributed by atoms with Crippen LogP contribution in [0.1, 0.15) is 16.8 Å². The van der Waals surface area contributed by atoms with Crippen LogP contribution in [0.5, 0.6) is 0 Å². The van der Waals surface area contributed by atoms with Crippen LogP contribution in [0.3, 0.4) is 0 Å². The number of hydrogen-bond donors (Lipinski definition) is 3. The van der Waals surface area contributed by atoms with Gasteiger partial charge in [-0.1, -0.05) is 0 Å². The van der Waals surface area contributed by atoms with E-state index in [9.17, 15) is 9.59 Å². The molecule has 0 aliphatic rings. The van der Waals surface area contributed by atoms with Crippen LogP contribution in [-0.2, 0) is 16.6 Å². The smallest absolute Gasteiger partial charge is 0.307 e. The number of carbonyl (C=O) groups excluding carboxylic acids is 2. The first-order valence-electron chi connectivity index (χ1n) is 6.73. The number of anilines is 3. The van der Waals surface area contributed by atoms with E-state index in [-0.39, 0.29) is 36.3 Å². The second-order valence-electron chi connectivity index (χ2n) is 4.60. The fourth-order valence-electron chi connectivity index (χ4n) is 1.76. The number of primary amides is 1. The second-order valence-corrected chi connectivity index (χ2v) is 4.60. The van der Waals surface area contributed by atoms with Crippen molar-refractivity contribution < 1.29 is 14.3 Å². The number of esters is 1. The van der Waals surface area contributed by atoms with Gasteiger partial charge in [-0.05, 0) is 0 Å². The van der Waals surface area contributed by atoms with E-state index in [0.717, 1.165) is 0 Å². The molecule has 0 saturated heterocycles. The first kappa shape index (κ1) is 16.2. The lowest BCUT2D eigenvalue weighted by atomic mass is 10.3. The van der Waals surface area contributed by atoms with Gasteiger partial charge < -0.3 is 21.1 Å². The van der Waals surface area contributed by atoms with Crippen LogP contribution in [0.2, 0.25) is 0 Å². The lowest BCUT2D eigenvalue weighted by Crippen LogP contribution is -2.18. The minimum absolute atomic E-state index is 0.129. The molecule has 0 bridgehead atoms. The lowest BCUT2D eigenvalue weighted by molar-refractivity contribution is -0.140. The van der Waals surface area contributed by atoms with Gasteiger partial charge in [0.25, 0.3) is 5.91 Å². The van der Waals surface area contributed by atoms with Gasteiger partial charge in [-0.25, -0.2) is 4.98 Å². The molecule has 1 amide bonds. The second kappa shape index (κ2) is 7.20. The highest BCUT2D eigenvalue weighted by Crippen LogP contribution is 2.16. The SMILES string of the molecule is COC(=O)CCNc1nc(Nc2cnn(C)c2)ncc1C(N)=O. The summed E-state index contributed by atoms with van der Waals surface area (Å²) in [5, 5.41) is 9.85. The van der Waals surface area contributed by atoms with Crippen molar-refractivity contribution in [1.29, 1.82) is 0 Å². The van der Waals surface area contributed by atoms with Gasteiger partial charge in [-0.15, -0.1) is 0 Å². The molecule has 0 radical (unpaired) electrons. The number of nitrogens with zero attached hydrogens (tertiary/aromatic N) is 4. The van der Waals surface area contributed by atoms with Crippen LogP contribution >= 0.6 is 0 Å². The summed E-state index contributed by atoms with van der Waals surface area (Å²) in [4.78, 5) is 30.8. The molecule has 2 rings (SSSR count). The zero-order valence-corrected chi connectivity index (χ0v) is 12.7. The number of amides is 1. The van der Waals surface area contributed by atoms with Gasteiger partial charge in [0.1, 0.15) is 5.82 Å². The average Bonchev–Trinajstić information content (AvgIpc) is 2.92. The van der Waals surface area contributed by atoms with Crippen molar-refractivity contribution in [2.75, 3.05) is 24.3 Å². The zero-order chi connectivity index (χ0) is 16.8. The minimum atomic E-state index is -0.668. The van der Waals surface area contributed by atoms with Crippen LogP contribution in [0.4, 0.5) is 17.5 Å². The van der Waals surface area contributed by atoms with Crippen molar-refractivity contribution in [3.8, 4) is 0 Å². The van der Waals surface area contributed by atoms with Crippen molar-refractivity contribution in [3.05, 3.63) is 24.2 Å². The first-order chi connectivity index (χ1) is 11.0. The van der Waals surface area contributed by atoms with Crippen molar-refractivity contribution in [1.82, 2.24) is 19.7 Å². The molecule has 10 nitrogen and oxygen atoms in total. The summed E-state index contributed by atoms with van der Waals surface area (Å²) in [5.41, 5.74) is 6.12. The number of ether oxygens (including phenoxy) is 1. The molecule has 0 saturated carbocycles. The molecule has 0 aliphatic heterocycles. The number of nitrogens with one attached hydrogen (secondary N) is 2. The van der Waals surface area contributed by atoms with Crippen LogP contribution in [0.15, 0.2) is 18.6 Å². The molecule has 0 unspecified atom stereocenters. The molecule has 2 aromatic heterocycles. The molecule has 10 heteroatoms. The number of aromatic nitrogens is 4. The molecule has 0 aliphatic carbocycles. The third-order valence-corrected chi connectivity index (χ3v) is 2.86. The van der Waals surface area contributed by atoms with Crippen molar-refractivity contribution >= 4 is 29.3 Å². The molecule has 23 heavy (non-hydrogen) atoms. The van der Waals surface area contributed by atoms with Gasteiger partial charge in [-0.2, -0.15) is 10.1 Å². The summed E-state index contributed by atoms with van der Waals surface area (Å²) in [7, 11) is 3.08. The topological polar surface area (TPSA) is 137 Å². The predicted octanol–water partition coefficient (Wildman–Crippen LogP) is 0.0276. The van der Waals surface area contributed by atoms with Crippen LogP contribution in [0, 0.1) is 0 Å². The highest BCUT2D eigenvalue weighted by atomic mass is 16.5. The van der Waals surface area contributed by atoms with E-state index >= 15 is 0 Å². The predicted molar refractivity (Wildman–Crippen MR) is 82.2 cm³/mol. The van der Waals surface area contributed by atoms with E-state index in [0.29, 0.717) is 5.69 Å². The Bertz CT molecular complexity index is 713. The Labute approximate surface area is 132 Å². The molecule has 0 aromatic carbocycles. The Morgan fingerprint density at radius 1 is 1.39 bits per heavy atom. The fourth-order valence-corrected chi connectivity index (χ4v) is 1.76. The van der Waals surface area contributed by atoms with E-state index in [1.807, 2.05) is 0 Å². The summed E-state index contributed by atoms with van der Waals surface area (Å²) in [6, 6.07) is 0. The van der Waals surface area contributed by atoms with E-state index in [1.165, 1.54) is 13.3 Å². The van der Waals surface area contributed by atoms with E-state index in [2.05, 4.69) is 30.4 Å². The number of rotatable bonds is 7. The molecule has 122 valence electrons. The quantitative estimate of drug-likeness (QED) is 0.608. The van der Waals surface area contributed by atoms with Gasteiger partial charge in [0, 0.05) is 26.0 Å². The normalized spacial score (nSPS) is 10.2. The Balaban J connectivity index is 2.14. The van der Waals surface area contributed by atoms with Crippen LogP contribution in [-0.4, -0.2) is 45.3 Å². The van der Waals surface area contributed by atoms with Crippen molar-refractivity contribution in [2.24, 2.45) is 12.8 Å². The molecule has 0 spiro atoms. The standard InChI is InChI=1S/C13H17N7O3/c1-20-7-8(5-17-20)18-13-16-6-9(11(14)22)12(19-13)15-4-3-10(21)23-2/h5-7H,3-4H2,1-2H3,(H2,14,22)(H2,15,16,18,19). The number of aryl methyl sites for hydroxylation is 1. The number of carbonyl (C=O) groups is 2. The molecule has 2 heterocycles. The summed E-state index contributed by atoms with van der Waals surface area (Å²) in [5.74, 6) is -0.536. The summed E-state index contributed by atoms with van der Waals surface area (Å²) >= 11 is 0. The highest BCUT2D eigenvalue weighted by Gasteiger charge is 2.13. The molecule has 2 aromatic rings. The third kappa shape index (κ3) is 4.40. The molecular weight excluding hydrogens is 302 g/mol. The zero-order valence-electron chi connectivity index (χ0n) is 12.7. The highest BCUT2D eigenvalue weighted by molar-refractivity contribution is 5.97. The van der Waals surface area contributed by atoms with Crippen LogP contribution < -0.4 is 16.4 Å². The number of hydrogen-bond acceptors (Lipinski definition) is 8. The maximum atomic E-state index is 11.4. The third-order valence-electron chi connectivity index (χ3n) is 2.86.